The molecule has 0 amide bonds. The monoisotopic (exact) mass is 387 g/mol. The maximum atomic E-state index is 12.7. The molecule has 0 saturated heterocycles. The van der Waals surface area contributed by atoms with Gasteiger partial charge in [0.1, 0.15) is 0 Å². The van der Waals surface area contributed by atoms with Gasteiger partial charge in [0, 0.05) is 30.6 Å². The molecule has 0 radical (unpaired) electrons. The number of esters is 1. The molecule has 0 spiro atoms. The van der Waals surface area contributed by atoms with Gasteiger partial charge < -0.3 is 9.64 Å². The number of para-hydroxylation sites is 1. The first kappa shape index (κ1) is 20.5. The van der Waals surface area contributed by atoms with Crippen LogP contribution in [-0.2, 0) is 14.3 Å². The number of nitrogens with zero attached hydrogens (tertiary/aromatic N) is 2. The van der Waals surface area contributed by atoms with Gasteiger partial charge >= 0.3 is 5.97 Å². The largest absolute Gasteiger partial charge is 0.469 e. The van der Waals surface area contributed by atoms with Gasteiger partial charge in [-0.2, -0.15) is 5.10 Å². The number of ether oxygens (including phenoxy) is 1. The molecule has 0 bridgehead atoms. The molecule has 142 valence electrons. The van der Waals surface area contributed by atoms with Crippen LogP contribution in [0.25, 0.3) is 0 Å². The highest BCUT2D eigenvalue weighted by molar-refractivity contribution is 6.44. The lowest BCUT2D eigenvalue weighted by Gasteiger charge is -2.20. The standard InChI is InChI=1S/C20H22ClN3O3/c1-24(17-13-11-15(21)12-14-17)20(18(25)9-6-10-19(26)27-2)23-22-16-7-4-3-5-8-16/h3-5,7-8,11-14,22H,6,9-10H2,1-2H3/b23-20+. The molecule has 1 N–H and O–H groups in total. The molecular weight excluding hydrogens is 366 g/mol. The Morgan fingerprint density at radius 1 is 1.07 bits per heavy atom. The first-order chi connectivity index (χ1) is 13.0. The lowest BCUT2D eigenvalue weighted by Crippen LogP contribution is -2.34. The Labute approximate surface area is 163 Å². The van der Waals surface area contributed by atoms with Gasteiger partial charge in [0.05, 0.1) is 12.8 Å². The van der Waals surface area contributed by atoms with Crippen LogP contribution >= 0.6 is 11.6 Å². The Bertz CT molecular complexity index is 792. The van der Waals surface area contributed by atoms with E-state index in [4.69, 9.17) is 11.6 Å². The minimum absolute atomic E-state index is 0.181. The first-order valence-corrected chi connectivity index (χ1v) is 8.87. The van der Waals surface area contributed by atoms with Crippen LogP contribution in [0.5, 0.6) is 0 Å². The first-order valence-electron chi connectivity index (χ1n) is 8.49. The van der Waals surface area contributed by atoms with Gasteiger partial charge in [-0.1, -0.05) is 29.8 Å². The van der Waals surface area contributed by atoms with Crippen LogP contribution in [-0.4, -0.2) is 31.7 Å². The number of halogens is 1. The molecule has 2 aromatic rings. The zero-order valence-electron chi connectivity index (χ0n) is 15.3. The van der Waals surface area contributed by atoms with Gasteiger partial charge in [-0.3, -0.25) is 15.0 Å². The van der Waals surface area contributed by atoms with Crippen molar-refractivity contribution in [3.05, 3.63) is 59.6 Å². The van der Waals surface area contributed by atoms with Crippen molar-refractivity contribution in [2.45, 2.75) is 19.3 Å². The number of hydrazone groups is 1. The number of carbonyl (C=O) groups is 2. The highest BCUT2D eigenvalue weighted by atomic mass is 35.5. The Morgan fingerprint density at radius 3 is 2.37 bits per heavy atom. The predicted octanol–water partition coefficient (Wildman–Crippen LogP) is 4.11. The average molecular weight is 388 g/mol. The van der Waals surface area contributed by atoms with E-state index in [2.05, 4.69) is 15.3 Å². The van der Waals surface area contributed by atoms with E-state index in [0.29, 0.717) is 11.4 Å². The highest BCUT2D eigenvalue weighted by Crippen LogP contribution is 2.18. The zero-order chi connectivity index (χ0) is 19.6. The number of benzene rings is 2. The molecule has 2 aromatic carbocycles. The quantitative estimate of drug-likeness (QED) is 0.319. The van der Waals surface area contributed by atoms with E-state index in [1.807, 2.05) is 42.5 Å². The van der Waals surface area contributed by atoms with Crippen molar-refractivity contribution in [3.8, 4) is 0 Å². The van der Waals surface area contributed by atoms with Gasteiger partial charge in [-0.05, 0) is 42.8 Å². The number of anilines is 2. The Kier molecular flexibility index (Phi) is 7.82. The van der Waals surface area contributed by atoms with Crippen LogP contribution in [0.15, 0.2) is 59.7 Å². The summed E-state index contributed by atoms with van der Waals surface area (Å²) in [6.45, 7) is 0. The predicted molar refractivity (Wildman–Crippen MR) is 108 cm³/mol. The summed E-state index contributed by atoms with van der Waals surface area (Å²) in [7, 11) is 3.09. The van der Waals surface area contributed by atoms with E-state index in [0.717, 1.165) is 11.4 Å². The molecule has 0 aromatic heterocycles. The van der Waals surface area contributed by atoms with Crippen LogP contribution in [0.4, 0.5) is 11.4 Å². The molecule has 0 atom stereocenters. The summed E-state index contributed by atoms with van der Waals surface area (Å²) in [5.74, 6) is -0.277. The summed E-state index contributed by atoms with van der Waals surface area (Å²) < 4.78 is 4.61. The number of hydrogen-bond donors (Lipinski definition) is 1. The number of rotatable bonds is 8. The van der Waals surface area contributed by atoms with Crippen LogP contribution in [0.2, 0.25) is 5.02 Å². The number of ketones is 1. The molecule has 0 unspecified atom stereocenters. The highest BCUT2D eigenvalue weighted by Gasteiger charge is 2.18. The Balaban J connectivity index is 2.17. The maximum Gasteiger partial charge on any atom is 0.305 e. The Morgan fingerprint density at radius 2 is 1.74 bits per heavy atom. The zero-order valence-corrected chi connectivity index (χ0v) is 16.1. The summed E-state index contributed by atoms with van der Waals surface area (Å²) >= 11 is 5.94. The molecule has 0 fully saturated rings. The van der Waals surface area contributed by atoms with Crippen molar-refractivity contribution >= 4 is 40.6 Å². The topological polar surface area (TPSA) is 71.0 Å². The van der Waals surface area contributed by atoms with Crippen molar-refractivity contribution in [1.82, 2.24) is 0 Å². The lowest BCUT2D eigenvalue weighted by molar-refractivity contribution is -0.140. The fraction of sp³-hybridized carbons (Fsp3) is 0.250. The van der Waals surface area contributed by atoms with Crippen molar-refractivity contribution in [2.75, 3.05) is 24.5 Å². The number of nitrogens with one attached hydrogen (secondary N) is 1. The Hall–Kier alpha value is -2.86. The molecule has 2 rings (SSSR count). The summed E-state index contributed by atoms with van der Waals surface area (Å²) in [4.78, 5) is 25.7. The van der Waals surface area contributed by atoms with E-state index in [1.165, 1.54) is 7.11 Å². The summed E-state index contributed by atoms with van der Waals surface area (Å²) in [5, 5.41) is 4.91. The number of hydrogen-bond acceptors (Lipinski definition) is 5. The second kappa shape index (κ2) is 10.3. The molecule has 6 nitrogen and oxygen atoms in total. The van der Waals surface area contributed by atoms with Crippen molar-refractivity contribution < 1.29 is 14.3 Å². The third-order valence-corrected chi connectivity index (χ3v) is 4.11. The van der Waals surface area contributed by atoms with Crippen molar-refractivity contribution in [2.24, 2.45) is 5.10 Å². The molecule has 0 aliphatic rings. The van der Waals surface area contributed by atoms with E-state index in [1.54, 1.807) is 24.1 Å². The fourth-order valence-corrected chi connectivity index (χ4v) is 2.47. The van der Waals surface area contributed by atoms with E-state index in [9.17, 15) is 9.59 Å². The minimum Gasteiger partial charge on any atom is -0.469 e. The maximum absolute atomic E-state index is 12.7. The van der Waals surface area contributed by atoms with E-state index >= 15 is 0 Å². The molecular formula is C20H22ClN3O3. The van der Waals surface area contributed by atoms with Crippen LogP contribution in [0.1, 0.15) is 19.3 Å². The van der Waals surface area contributed by atoms with Gasteiger partial charge in [0.15, 0.2) is 11.6 Å². The smallest absolute Gasteiger partial charge is 0.305 e. The number of methoxy groups -OCH3 is 1. The molecule has 0 heterocycles. The van der Waals surface area contributed by atoms with Gasteiger partial charge in [0.25, 0.3) is 0 Å². The summed E-state index contributed by atoms with van der Waals surface area (Å²) in [6.07, 6.45) is 0.763. The number of likely N-dealkylation sites (N-methyl/N-ethyl adjacent to an activating group) is 1. The third-order valence-electron chi connectivity index (χ3n) is 3.86. The molecule has 0 aliphatic carbocycles. The van der Waals surface area contributed by atoms with E-state index < -0.39 is 0 Å². The molecule has 27 heavy (non-hydrogen) atoms. The second-order valence-corrected chi connectivity index (χ2v) is 6.24. The van der Waals surface area contributed by atoms with Crippen LogP contribution in [0, 0.1) is 0 Å². The lowest BCUT2D eigenvalue weighted by atomic mass is 10.1. The van der Waals surface area contributed by atoms with Crippen LogP contribution in [0.3, 0.4) is 0 Å². The summed E-state index contributed by atoms with van der Waals surface area (Å²) in [6, 6.07) is 16.5. The normalized spacial score (nSPS) is 11.0. The number of carbonyl (C=O) groups excluding carboxylic acids is 2. The SMILES string of the molecule is COC(=O)CCCC(=O)/C(=N\Nc1ccccc1)N(C)c1ccc(Cl)cc1. The van der Waals surface area contributed by atoms with Gasteiger partial charge in [0.2, 0.25) is 0 Å². The molecule has 0 saturated carbocycles. The van der Waals surface area contributed by atoms with Crippen molar-refractivity contribution in [1.29, 1.82) is 0 Å². The van der Waals surface area contributed by atoms with Crippen LogP contribution < -0.4 is 10.3 Å². The number of amidine groups is 1. The van der Waals surface area contributed by atoms with Crippen molar-refractivity contribution in [3.63, 3.8) is 0 Å². The second-order valence-electron chi connectivity index (χ2n) is 5.80. The number of Topliss-reactive ketones (excluding diaryl/α,β-unsaturated/α-hetero) is 1. The minimum atomic E-state index is -0.338. The molecule has 7 heteroatoms. The molecule has 0 aliphatic heterocycles. The third kappa shape index (κ3) is 6.42. The van der Waals surface area contributed by atoms with Gasteiger partial charge in [-0.25, -0.2) is 0 Å². The van der Waals surface area contributed by atoms with E-state index in [-0.39, 0.29) is 30.4 Å². The fourth-order valence-electron chi connectivity index (χ4n) is 2.35. The summed E-state index contributed by atoms with van der Waals surface area (Å²) in [5.41, 5.74) is 4.44. The average Bonchev–Trinajstić information content (AvgIpc) is 2.69. The van der Waals surface area contributed by atoms with Gasteiger partial charge in [-0.15, -0.1) is 0 Å².